The summed E-state index contributed by atoms with van der Waals surface area (Å²) in [6.45, 7) is 0. The van der Waals surface area contributed by atoms with Crippen molar-refractivity contribution >= 4 is 28.1 Å². The van der Waals surface area contributed by atoms with Crippen molar-refractivity contribution in [2.45, 2.75) is 31.7 Å². The molecular weight excluding hydrogens is 272 g/mol. The van der Waals surface area contributed by atoms with Gasteiger partial charge < -0.3 is 10.5 Å². The third-order valence-electron chi connectivity index (χ3n) is 2.80. The Morgan fingerprint density at radius 3 is 2.56 bits per heavy atom. The van der Waals surface area contributed by atoms with E-state index < -0.39 is 0 Å². The van der Waals surface area contributed by atoms with Crippen LogP contribution < -0.4 is 5.73 Å². The monoisotopic (exact) mass is 288 g/mol. The third-order valence-corrected chi connectivity index (χ3v) is 3.27. The second-order valence-electron chi connectivity index (χ2n) is 3.86. The fourth-order valence-corrected chi connectivity index (χ4v) is 1.97. The van der Waals surface area contributed by atoms with Crippen LogP contribution in [0.1, 0.15) is 25.7 Å². The zero-order chi connectivity index (χ0) is 12.0. The molecule has 4 nitrogen and oxygen atoms in total. The highest BCUT2D eigenvalue weighted by Crippen LogP contribution is 2.27. The molecule has 0 spiro atoms. The molecular formula is C11H17BrN2O2. The molecule has 0 saturated heterocycles. The Morgan fingerprint density at radius 1 is 1.44 bits per heavy atom. The van der Waals surface area contributed by atoms with Crippen molar-refractivity contribution in [2.24, 2.45) is 16.6 Å². The molecule has 0 aromatic heterocycles. The SMILES string of the molecule is COC(=O)C1CCC(N=CC(Br)=CN)CC1. The largest absolute Gasteiger partial charge is 0.469 e. The van der Waals surface area contributed by atoms with Crippen LogP contribution in [0.4, 0.5) is 0 Å². The van der Waals surface area contributed by atoms with Gasteiger partial charge in [-0.3, -0.25) is 9.79 Å². The molecule has 0 aromatic rings. The lowest BCUT2D eigenvalue weighted by Gasteiger charge is -2.24. The van der Waals surface area contributed by atoms with Gasteiger partial charge in [-0.05, 0) is 41.6 Å². The van der Waals surface area contributed by atoms with Crippen LogP contribution >= 0.6 is 15.9 Å². The van der Waals surface area contributed by atoms with E-state index in [1.54, 1.807) is 6.21 Å². The fourth-order valence-electron chi connectivity index (χ4n) is 1.85. The number of hydrogen-bond donors (Lipinski definition) is 1. The Morgan fingerprint density at radius 2 is 2.06 bits per heavy atom. The number of halogens is 1. The number of nitrogens with zero attached hydrogens (tertiary/aromatic N) is 1. The van der Waals surface area contributed by atoms with Crippen LogP contribution in [0.5, 0.6) is 0 Å². The zero-order valence-electron chi connectivity index (χ0n) is 9.36. The number of carbonyl (C=O) groups excluding carboxylic acids is 1. The van der Waals surface area contributed by atoms with E-state index in [0.717, 1.165) is 30.2 Å². The Balaban J connectivity index is 2.38. The summed E-state index contributed by atoms with van der Waals surface area (Å²) in [5.41, 5.74) is 5.31. The lowest BCUT2D eigenvalue weighted by molar-refractivity contribution is -0.146. The smallest absolute Gasteiger partial charge is 0.308 e. The number of ether oxygens (including phenoxy) is 1. The lowest BCUT2D eigenvalue weighted by Crippen LogP contribution is -2.24. The van der Waals surface area contributed by atoms with E-state index in [1.807, 2.05) is 0 Å². The number of rotatable bonds is 3. The molecule has 1 saturated carbocycles. The topological polar surface area (TPSA) is 64.7 Å². The number of methoxy groups -OCH3 is 1. The summed E-state index contributed by atoms with van der Waals surface area (Å²) < 4.78 is 5.51. The molecule has 90 valence electrons. The van der Waals surface area contributed by atoms with Crippen LogP contribution in [0, 0.1) is 5.92 Å². The van der Waals surface area contributed by atoms with Crippen LogP contribution in [-0.4, -0.2) is 25.3 Å². The minimum atomic E-state index is -0.0922. The summed E-state index contributed by atoms with van der Waals surface area (Å²) in [5, 5.41) is 0. The summed E-state index contributed by atoms with van der Waals surface area (Å²) in [6.07, 6.45) is 6.77. The summed E-state index contributed by atoms with van der Waals surface area (Å²) in [6, 6.07) is 0.299. The Hall–Kier alpha value is -0.840. The van der Waals surface area contributed by atoms with Gasteiger partial charge in [-0.1, -0.05) is 0 Å². The molecule has 0 amide bonds. The minimum absolute atomic E-state index is 0.0601. The third kappa shape index (κ3) is 3.96. The Labute approximate surface area is 104 Å². The van der Waals surface area contributed by atoms with Crippen molar-refractivity contribution in [3.8, 4) is 0 Å². The van der Waals surface area contributed by atoms with Crippen molar-refractivity contribution in [3.05, 3.63) is 10.7 Å². The van der Waals surface area contributed by atoms with Crippen molar-refractivity contribution in [3.63, 3.8) is 0 Å². The van der Waals surface area contributed by atoms with E-state index >= 15 is 0 Å². The molecule has 1 aliphatic rings. The van der Waals surface area contributed by atoms with Gasteiger partial charge in [-0.15, -0.1) is 0 Å². The first-order valence-electron chi connectivity index (χ1n) is 5.35. The average Bonchev–Trinajstić information content (AvgIpc) is 2.35. The minimum Gasteiger partial charge on any atom is -0.469 e. The normalized spacial score (nSPS) is 27.0. The summed E-state index contributed by atoms with van der Waals surface area (Å²) in [5.74, 6) is -0.0320. The maximum Gasteiger partial charge on any atom is 0.308 e. The van der Waals surface area contributed by atoms with E-state index in [9.17, 15) is 4.79 Å². The lowest BCUT2D eigenvalue weighted by atomic mass is 9.86. The molecule has 0 radical (unpaired) electrons. The number of hydrogen-bond acceptors (Lipinski definition) is 4. The van der Waals surface area contributed by atoms with Gasteiger partial charge in [0.2, 0.25) is 0 Å². The second kappa shape index (κ2) is 6.68. The van der Waals surface area contributed by atoms with Gasteiger partial charge >= 0.3 is 5.97 Å². The fraction of sp³-hybridized carbons (Fsp3) is 0.636. The van der Waals surface area contributed by atoms with E-state index in [-0.39, 0.29) is 11.9 Å². The molecule has 1 rings (SSSR count). The summed E-state index contributed by atoms with van der Waals surface area (Å²) in [4.78, 5) is 15.7. The van der Waals surface area contributed by atoms with Crippen molar-refractivity contribution in [1.82, 2.24) is 0 Å². The molecule has 2 N–H and O–H groups in total. The first-order chi connectivity index (χ1) is 7.67. The van der Waals surface area contributed by atoms with Crippen LogP contribution in [0.2, 0.25) is 0 Å². The van der Waals surface area contributed by atoms with Gasteiger partial charge in [0.15, 0.2) is 0 Å². The van der Waals surface area contributed by atoms with Gasteiger partial charge in [0.1, 0.15) is 0 Å². The molecule has 0 heterocycles. The maximum atomic E-state index is 11.3. The predicted octanol–water partition coefficient (Wildman–Crippen LogP) is 1.98. The number of nitrogens with two attached hydrogens (primary N) is 1. The number of aliphatic imine (C=N–C) groups is 1. The van der Waals surface area contributed by atoms with E-state index in [4.69, 9.17) is 10.5 Å². The highest BCUT2D eigenvalue weighted by Gasteiger charge is 2.26. The van der Waals surface area contributed by atoms with E-state index in [1.165, 1.54) is 13.3 Å². The van der Waals surface area contributed by atoms with Gasteiger partial charge in [-0.2, -0.15) is 0 Å². The van der Waals surface area contributed by atoms with Crippen LogP contribution in [0.25, 0.3) is 0 Å². The zero-order valence-corrected chi connectivity index (χ0v) is 10.9. The van der Waals surface area contributed by atoms with Crippen molar-refractivity contribution in [2.75, 3.05) is 7.11 Å². The molecule has 0 aromatic carbocycles. The van der Waals surface area contributed by atoms with Gasteiger partial charge in [0, 0.05) is 12.4 Å². The Bertz CT molecular complexity index is 294. The molecule has 16 heavy (non-hydrogen) atoms. The van der Waals surface area contributed by atoms with Crippen molar-refractivity contribution in [1.29, 1.82) is 0 Å². The van der Waals surface area contributed by atoms with Gasteiger partial charge in [0.25, 0.3) is 0 Å². The van der Waals surface area contributed by atoms with Gasteiger partial charge in [0.05, 0.1) is 23.6 Å². The summed E-state index contributed by atoms with van der Waals surface area (Å²) in [7, 11) is 1.44. The molecule has 0 unspecified atom stereocenters. The number of esters is 1. The highest BCUT2D eigenvalue weighted by molar-refractivity contribution is 9.12. The van der Waals surface area contributed by atoms with Crippen LogP contribution in [0.15, 0.2) is 15.7 Å². The standard InChI is InChI=1S/C11H17BrN2O2/c1-16-11(15)8-2-4-10(5-3-8)14-7-9(12)6-13/h6-8,10H,2-5,13H2,1H3. The highest BCUT2D eigenvalue weighted by atomic mass is 79.9. The first-order valence-corrected chi connectivity index (χ1v) is 6.15. The number of allylic oxidation sites excluding steroid dienone is 1. The second-order valence-corrected chi connectivity index (χ2v) is 4.77. The van der Waals surface area contributed by atoms with E-state index in [0.29, 0.717) is 6.04 Å². The predicted molar refractivity (Wildman–Crippen MR) is 67.5 cm³/mol. The molecule has 0 atom stereocenters. The molecule has 0 aliphatic heterocycles. The summed E-state index contributed by atoms with van der Waals surface area (Å²) >= 11 is 3.26. The molecule has 1 aliphatic carbocycles. The number of carbonyl (C=O) groups is 1. The first kappa shape index (κ1) is 13.2. The molecule has 5 heteroatoms. The van der Waals surface area contributed by atoms with E-state index in [2.05, 4.69) is 20.9 Å². The average molecular weight is 289 g/mol. The van der Waals surface area contributed by atoms with Crippen molar-refractivity contribution < 1.29 is 9.53 Å². The Kier molecular flexibility index (Phi) is 5.52. The molecule has 0 bridgehead atoms. The molecule has 1 fully saturated rings. The quantitative estimate of drug-likeness (QED) is 0.638. The maximum absolute atomic E-state index is 11.3. The van der Waals surface area contributed by atoms with Crippen LogP contribution in [0.3, 0.4) is 0 Å². The van der Waals surface area contributed by atoms with Crippen LogP contribution in [-0.2, 0) is 9.53 Å². The van der Waals surface area contributed by atoms with Gasteiger partial charge in [-0.25, -0.2) is 0 Å².